The van der Waals surface area contributed by atoms with E-state index in [1.54, 1.807) is 7.11 Å². The Hall–Kier alpha value is -2.46. The van der Waals surface area contributed by atoms with Gasteiger partial charge < -0.3 is 4.74 Å². The molecule has 1 aliphatic rings. The topological polar surface area (TPSA) is 47.4 Å². The van der Waals surface area contributed by atoms with E-state index in [2.05, 4.69) is 15.0 Å². The van der Waals surface area contributed by atoms with Crippen LogP contribution in [0.3, 0.4) is 0 Å². The molecule has 0 aliphatic carbocycles. The van der Waals surface area contributed by atoms with Crippen LogP contribution in [0, 0.1) is 0 Å². The Bertz CT molecular complexity index is 908. The molecule has 3 aromatic rings. The number of aromatic nitrogens is 2. The fraction of sp³-hybridized carbons (Fsp3) is 0.118. The molecule has 1 aromatic heterocycles. The van der Waals surface area contributed by atoms with Crippen molar-refractivity contribution in [1.29, 1.82) is 0 Å². The number of rotatable bonds is 2. The van der Waals surface area contributed by atoms with Gasteiger partial charge in [-0.2, -0.15) is 0 Å². The maximum Gasteiger partial charge on any atom is 0.152 e. The molecule has 0 N–H and O–H groups in total. The molecule has 1 atom stereocenters. The summed E-state index contributed by atoms with van der Waals surface area (Å²) in [6.07, 6.45) is 1.86. The lowest BCUT2D eigenvalue weighted by Crippen LogP contribution is -2.05. The number of fused-ring (bicyclic) bond motifs is 2. The summed E-state index contributed by atoms with van der Waals surface area (Å²) in [4.78, 5) is 13.6. The Morgan fingerprint density at radius 1 is 1.05 bits per heavy atom. The summed E-state index contributed by atoms with van der Waals surface area (Å²) in [7, 11) is 1.65. The first-order valence-electron chi connectivity index (χ1n) is 6.90. The summed E-state index contributed by atoms with van der Waals surface area (Å²) < 4.78 is 5.30. The molecule has 0 radical (unpaired) electrons. The van der Waals surface area contributed by atoms with Crippen LogP contribution >= 0.6 is 11.6 Å². The minimum Gasteiger partial charge on any atom is -0.497 e. The lowest BCUT2D eigenvalue weighted by atomic mass is 9.97. The number of hydrogen-bond donors (Lipinski definition) is 0. The van der Waals surface area contributed by atoms with Gasteiger partial charge in [0.25, 0.3) is 0 Å². The Morgan fingerprint density at radius 2 is 1.82 bits per heavy atom. The van der Waals surface area contributed by atoms with Crippen LogP contribution in [-0.4, -0.2) is 23.3 Å². The van der Waals surface area contributed by atoms with Crippen molar-refractivity contribution in [3.05, 3.63) is 58.9 Å². The van der Waals surface area contributed by atoms with Gasteiger partial charge in [-0.3, -0.25) is 4.99 Å². The van der Waals surface area contributed by atoms with E-state index in [1.165, 1.54) is 0 Å². The molecule has 22 heavy (non-hydrogen) atoms. The largest absolute Gasteiger partial charge is 0.497 e. The van der Waals surface area contributed by atoms with Crippen LogP contribution in [0.15, 0.2) is 47.5 Å². The zero-order chi connectivity index (χ0) is 15.1. The van der Waals surface area contributed by atoms with Crippen molar-refractivity contribution in [2.45, 2.75) is 5.92 Å². The summed E-state index contributed by atoms with van der Waals surface area (Å²) in [5, 5.41) is 0.408. The smallest absolute Gasteiger partial charge is 0.152 e. The van der Waals surface area contributed by atoms with E-state index in [9.17, 15) is 0 Å². The molecule has 4 rings (SSSR count). The van der Waals surface area contributed by atoms with Crippen molar-refractivity contribution in [3.8, 4) is 5.75 Å². The maximum absolute atomic E-state index is 6.36. The zero-order valence-corrected chi connectivity index (χ0v) is 12.6. The van der Waals surface area contributed by atoms with Gasteiger partial charge in [0.1, 0.15) is 5.75 Å². The van der Waals surface area contributed by atoms with Crippen LogP contribution in [0.25, 0.3) is 11.0 Å². The molecule has 0 fully saturated rings. The predicted molar refractivity (Wildman–Crippen MR) is 87.5 cm³/mol. The Morgan fingerprint density at radius 3 is 2.59 bits per heavy atom. The van der Waals surface area contributed by atoms with E-state index in [-0.39, 0.29) is 5.92 Å². The maximum atomic E-state index is 6.36. The van der Waals surface area contributed by atoms with E-state index in [4.69, 9.17) is 16.3 Å². The number of methoxy groups -OCH3 is 1. The lowest BCUT2D eigenvalue weighted by Gasteiger charge is -2.12. The minimum absolute atomic E-state index is 0.102. The SMILES string of the molecule is COc1ccc2c(c1)C(c1nc3ccccc3nc1Cl)C=N2. The number of halogens is 1. The second-order valence-electron chi connectivity index (χ2n) is 5.07. The summed E-state index contributed by atoms with van der Waals surface area (Å²) in [5.41, 5.74) is 4.28. The molecule has 2 aromatic carbocycles. The van der Waals surface area contributed by atoms with E-state index in [0.29, 0.717) is 5.15 Å². The molecule has 108 valence electrons. The predicted octanol–water partition coefficient (Wildman–Crippen LogP) is 4.14. The molecular weight excluding hydrogens is 298 g/mol. The van der Waals surface area contributed by atoms with Gasteiger partial charge in [-0.1, -0.05) is 23.7 Å². The number of benzene rings is 2. The summed E-state index contributed by atoms with van der Waals surface area (Å²) in [6, 6.07) is 13.5. The summed E-state index contributed by atoms with van der Waals surface area (Å²) in [5.74, 6) is 0.689. The fourth-order valence-electron chi connectivity index (χ4n) is 2.67. The molecule has 1 aliphatic heterocycles. The Kier molecular flexibility index (Phi) is 3.05. The molecule has 0 amide bonds. The van der Waals surface area contributed by atoms with Crippen molar-refractivity contribution in [2.24, 2.45) is 4.99 Å². The van der Waals surface area contributed by atoms with Crippen molar-refractivity contribution in [1.82, 2.24) is 9.97 Å². The van der Waals surface area contributed by atoms with Gasteiger partial charge in [-0.15, -0.1) is 0 Å². The molecule has 0 bridgehead atoms. The summed E-state index contributed by atoms with van der Waals surface area (Å²) in [6.45, 7) is 0. The van der Waals surface area contributed by atoms with Crippen molar-refractivity contribution in [3.63, 3.8) is 0 Å². The van der Waals surface area contributed by atoms with Crippen LogP contribution in [0.5, 0.6) is 5.75 Å². The second-order valence-corrected chi connectivity index (χ2v) is 5.43. The molecule has 4 nitrogen and oxygen atoms in total. The minimum atomic E-state index is -0.102. The highest BCUT2D eigenvalue weighted by Gasteiger charge is 2.25. The summed E-state index contributed by atoms with van der Waals surface area (Å²) >= 11 is 6.36. The molecule has 0 spiro atoms. The van der Waals surface area contributed by atoms with E-state index in [0.717, 1.165) is 33.7 Å². The van der Waals surface area contributed by atoms with Crippen LogP contribution < -0.4 is 4.74 Å². The van der Waals surface area contributed by atoms with Crippen LogP contribution in [0.4, 0.5) is 5.69 Å². The highest BCUT2D eigenvalue weighted by atomic mass is 35.5. The first-order chi connectivity index (χ1) is 10.8. The first-order valence-corrected chi connectivity index (χ1v) is 7.28. The molecule has 5 heteroatoms. The highest BCUT2D eigenvalue weighted by molar-refractivity contribution is 6.30. The number of nitrogens with zero attached hydrogens (tertiary/aromatic N) is 3. The molecule has 0 saturated carbocycles. The van der Waals surface area contributed by atoms with E-state index >= 15 is 0 Å². The average molecular weight is 310 g/mol. The van der Waals surface area contributed by atoms with Crippen molar-refractivity contribution in [2.75, 3.05) is 7.11 Å². The third kappa shape index (κ3) is 2.04. The standard InChI is InChI=1S/C17H12ClN3O/c1-22-10-6-7-13-11(8-10)12(9-19-13)16-17(18)21-15-5-3-2-4-14(15)20-16/h2-9,12H,1H3. The van der Waals surface area contributed by atoms with Crippen molar-refractivity contribution < 1.29 is 4.74 Å². The lowest BCUT2D eigenvalue weighted by molar-refractivity contribution is 0.414. The number of para-hydroxylation sites is 2. The highest BCUT2D eigenvalue weighted by Crippen LogP contribution is 2.39. The van der Waals surface area contributed by atoms with Crippen LogP contribution in [-0.2, 0) is 0 Å². The van der Waals surface area contributed by atoms with Gasteiger partial charge in [0.15, 0.2) is 5.15 Å². The number of aliphatic imine (C=N–C) groups is 1. The van der Waals surface area contributed by atoms with Crippen LogP contribution in [0.2, 0.25) is 5.15 Å². The molecule has 1 unspecified atom stereocenters. The van der Waals surface area contributed by atoms with Gasteiger partial charge >= 0.3 is 0 Å². The number of ether oxygens (including phenoxy) is 1. The zero-order valence-electron chi connectivity index (χ0n) is 11.8. The van der Waals surface area contributed by atoms with Gasteiger partial charge in [-0.05, 0) is 35.9 Å². The van der Waals surface area contributed by atoms with Gasteiger partial charge in [-0.25, -0.2) is 9.97 Å². The molecule has 2 heterocycles. The Labute approximate surface area is 132 Å². The third-order valence-corrected chi connectivity index (χ3v) is 4.06. The van der Waals surface area contributed by atoms with Gasteiger partial charge in [0.05, 0.1) is 35.4 Å². The quantitative estimate of drug-likeness (QED) is 0.714. The average Bonchev–Trinajstić information content (AvgIpc) is 2.97. The van der Waals surface area contributed by atoms with Crippen molar-refractivity contribution >= 4 is 34.5 Å². The van der Waals surface area contributed by atoms with E-state index in [1.807, 2.05) is 48.7 Å². The first kappa shape index (κ1) is 13.2. The number of hydrogen-bond acceptors (Lipinski definition) is 4. The molecular formula is C17H12ClN3O. The monoisotopic (exact) mass is 309 g/mol. The fourth-order valence-corrected chi connectivity index (χ4v) is 2.92. The van der Waals surface area contributed by atoms with E-state index < -0.39 is 0 Å². The van der Waals surface area contributed by atoms with Crippen LogP contribution in [0.1, 0.15) is 17.2 Å². The second kappa shape index (κ2) is 5.07. The normalized spacial score (nSPS) is 16.0. The van der Waals surface area contributed by atoms with Gasteiger partial charge in [0.2, 0.25) is 0 Å². The Balaban J connectivity index is 1.88. The molecule has 0 saturated heterocycles. The van der Waals surface area contributed by atoms with Gasteiger partial charge in [0, 0.05) is 6.21 Å². The third-order valence-electron chi connectivity index (χ3n) is 3.78.